The molecule has 1 aromatic heterocycles. The fraction of sp³-hybridized carbons (Fsp3) is 0.538. The van der Waals surface area contributed by atoms with Crippen LogP contribution in [0.5, 0.6) is 0 Å². The zero-order chi connectivity index (χ0) is 14.0. The molecule has 6 heteroatoms. The molecule has 0 atom stereocenters. The van der Waals surface area contributed by atoms with Gasteiger partial charge < -0.3 is 15.0 Å². The predicted octanol–water partition coefficient (Wildman–Crippen LogP) is 2.29. The van der Waals surface area contributed by atoms with E-state index < -0.39 is 11.5 Å². The number of carbonyl (C=O) groups is 2. The third-order valence-corrected chi connectivity index (χ3v) is 3.82. The first-order valence-electron chi connectivity index (χ1n) is 6.36. The van der Waals surface area contributed by atoms with Gasteiger partial charge in [0.1, 0.15) is 5.69 Å². The fourth-order valence-electron chi connectivity index (χ4n) is 2.47. The minimum absolute atomic E-state index is 0.0285. The van der Waals surface area contributed by atoms with Gasteiger partial charge in [0.25, 0.3) is 5.91 Å². The van der Waals surface area contributed by atoms with Gasteiger partial charge in [-0.25, -0.2) is 0 Å². The summed E-state index contributed by atoms with van der Waals surface area (Å²) in [5.41, 5.74) is -0.109. The first-order chi connectivity index (χ1) is 8.96. The number of amides is 1. The number of nitrogens with one attached hydrogen (secondary N) is 1. The van der Waals surface area contributed by atoms with Gasteiger partial charge in [-0.2, -0.15) is 0 Å². The first kappa shape index (κ1) is 13.9. The van der Waals surface area contributed by atoms with E-state index in [2.05, 4.69) is 5.32 Å². The molecule has 0 bridgehead atoms. The number of aliphatic carboxylic acids is 1. The number of nitrogens with zero attached hydrogens (tertiary/aromatic N) is 1. The summed E-state index contributed by atoms with van der Waals surface area (Å²) < 4.78 is 1.75. The normalized spacial score (nSPS) is 16.7. The lowest BCUT2D eigenvalue weighted by atomic mass is 9.74. The summed E-state index contributed by atoms with van der Waals surface area (Å²) >= 11 is 5.90. The molecule has 1 aromatic rings. The molecule has 19 heavy (non-hydrogen) atoms. The molecular weight excluding hydrogens is 268 g/mol. The number of hydrogen-bond donors (Lipinski definition) is 2. The summed E-state index contributed by atoms with van der Waals surface area (Å²) in [5, 5.41) is 12.3. The van der Waals surface area contributed by atoms with Gasteiger partial charge in [-0.15, -0.1) is 0 Å². The number of carboxylic acid groups (broad SMARTS) is 1. The van der Waals surface area contributed by atoms with Crippen molar-refractivity contribution in [3.63, 3.8) is 0 Å². The minimum Gasteiger partial charge on any atom is -0.481 e. The van der Waals surface area contributed by atoms with Crippen molar-refractivity contribution in [2.45, 2.75) is 44.7 Å². The zero-order valence-corrected chi connectivity index (χ0v) is 11.5. The standard InChI is InChI=1S/C13H17ClN2O3/c1-2-16-8-9(14)6-10(16)12(19)15-13(4-3-5-13)7-11(17)18/h6,8H,2-5,7H2,1H3,(H,15,19)(H,17,18). The third kappa shape index (κ3) is 2.92. The Bertz CT molecular complexity index is 506. The van der Waals surface area contributed by atoms with E-state index in [0.29, 0.717) is 30.1 Å². The van der Waals surface area contributed by atoms with Crippen molar-refractivity contribution in [3.8, 4) is 0 Å². The van der Waals surface area contributed by atoms with Crippen LogP contribution in [-0.2, 0) is 11.3 Å². The monoisotopic (exact) mass is 284 g/mol. The van der Waals surface area contributed by atoms with Crippen molar-refractivity contribution in [2.24, 2.45) is 0 Å². The maximum atomic E-state index is 12.2. The molecule has 0 radical (unpaired) electrons. The molecule has 0 aromatic carbocycles. The van der Waals surface area contributed by atoms with Crippen LogP contribution in [0.2, 0.25) is 5.02 Å². The van der Waals surface area contributed by atoms with E-state index in [4.69, 9.17) is 16.7 Å². The van der Waals surface area contributed by atoms with Crippen molar-refractivity contribution < 1.29 is 14.7 Å². The third-order valence-electron chi connectivity index (χ3n) is 3.62. The highest BCUT2D eigenvalue weighted by molar-refractivity contribution is 6.31. The maximum absolute atomic E-state index is 12.2. The summed E-state index contributed by atoms with van der Waals surface area (Å²) in [5.74, 6) is -1.14. The van der Waals surface area contributed by atoms with Crippen LogP contribution in [0.4, 0.5) is 0 Å². The average molecular weight is 285 g/mol. The Balaban J connectivity index is 2.13. The highest BCUT2D eigenvalue weighted by Gasteiger charge is 2.40. The van der Waals surface area contributed by atoms with Crippen molar-refractivity contribution in [1.82, 2.24) is 9.88 Å². The second-order valence-electron chi connectivity index (χ2n) is 4.99. The van der Waals surface area contributed by atoms with E-state index in [1.54, 1.807) is 16.8 Å². The van der Waals surface area contributed by atoms with Crippen LogP contribution in [0, 0.1) is 0 Å². The Morgan fingerprint density at radius 1 is 1.53 bits per heavy atom. The number of carboxylic acids is 1. The molecule has 0 aliphatic heterocycles. The van der Waals surface area contributed by atoms with Crippen molar-refractivity contribution >= 4 is 23.5 Å². The van der Waals surface area contributed by atoms with E-state index in [9.17, 15) is 9.59 Å². The van der Waals surface area contributed by atoms with Crippen LogP contribution in [0.3, 0.4) is 0 Å². The number of halogens is 1. The lowest BCUT2D eigenvalue weighted by molar-refractivity contribution is -0.139. The van der Waals surface area contributed by atoms with E-state index in [1.807, 2.05) is 6.92 Å². The molecule has 2 N–H and O–H groups in total. The Labute approximate surface area is 116 Å². The zero-order valence-electron chi connectivity index (χ0n) is 10.8. The van der Waals surface area contributed by atoms with Gasteiger partial charge in [0.2, 0.25) is 0 Å². The topological polar surface area (TPSA) is 71.3 Å². The summed E-state index contributed by atoms with van der Waals surface area (Å²) in [6.07, 6.45) is 4.04. The second-order valence-corrected chi connectivity index (χ2v) is 5.42. The molecule has 2 rings (SSSR count). The lowest BCUT2D eigenvalue weighted by Crippen LogP contribution is -2.54. The molecule has 1 amide bonds. The lowest BCUT2D eigenvalue weighted by Gasteiger charge is -2.41. The average Bonchev–Trinajstić information content (AvgIpc) is 2.67. The summed E-state index contributed by atoms with van der Waals surface area (Å²) in [4.78, 5) is 23.1. The molecule has 0 saturated heterocycles. The summed E-state index contributed by atoms with van der Waals surface area (Å²) in [6.45, 7) is 2.56. The number of carbonyl (C=O) groups excluding carboxylic acids is 1. The highest BCUT2D eigenvalue weighted by Crippen LogP contribution is 2.35. The summed E-state index contributed by atoms with van der Waals surface area (Å²) in [7, 11) is 0. The molecule has 1 aliphatic carbocycles. The van der Waals surface area contributed by atoms with Crippen molar-refractivity contribution in [1.29, 1.82) is 0 Å². The van der Waals surface area contributed by atoms with E-state index >= 15 is 0 Å². The van der Waals surface area contributed by atoms with Crippen LogP contribution in [0.15, 0.2) is 12.3 Å². The number of aryl methyl sites for hydroxylation is 1. The van der Waals surface area contributed by atoms with Crippen LogP contribution >= 0.6 is 11.6 Å². The largest absolute Gasteiger partial charge is 0.481 e. The number of rotatable bonds is 5. The molecule has 1 fully saturated rings. The molecule has 1 heterocycles. The molecule has 0 spiro atoms. The van der Waals surface area contributed by atoms with Crippen molar-refractivity contribution in [2.75, 3.05) is 0 Å². The van der Waals surface area contributed by atoms with Gasteiger partial charge in [0, 0.05) is 12.7 Å². The van der Waals surface area contributed by atoms with Crippen LogP contribution in [0.1, 0.15) is 43.1 Å². The number of hydrogen-bond acceptors (Lipinski definition) is 2. The first-order valence-corrected chi connectivity index (χ1v) is 6.73. The Morgan fingerprint density at radius 3 is 2.68 bits per heavy atom. The Hall–Kier alpha value is -1.49. The van der Waals surface area contributed by atoms with Gasteiger partial charge in [0.15, 0.2) is 0 Å². The van der Waals surface area contributed by atoms with E-state index in [0.717, 1.165) is 6.42 Å². The molecule has 1 saturated carbocycles. The highest BCUT2D eigenvalue weighted by atomic mass is 35.5. The van der Waals surface area contributed by atoms with E-state index in [-0.39, 0.29) is 12.3 Å². The van der Waals surface area contributed by atoms with Crippen molar-refractivity contribution in [3.05, 3.63) is 23.0 Å². The quantitative estimate of drug-likeness (QED) is 0.871. The molecule has 0 unspecified atom stereocenters. The van der Waals surface area contributed by atoms with Crippen LogP contribution in [0.25, 0.3) is 0 Å². The maximum Gasteiger partial charge on any atom is 0.305 e. The number of aromatic nitrogens is 1. The Kier molecular flexibility index (Phi) is 3.85. The second kappa shape index (κ2) is 5.25. The fourth-order valence-corrected chi connectivity index (χ4v) is 2.69. The molecule has 1 aliphatic rings. The molecular formula is C13H17ClN2O3. The van der Waals surface area contributed by atoms with Crippen LogP contribution < -0.4 is 5.32 Å². The smallest absolute Gasteiger partial charge is 0.305 e. The van der Waals surface area contributed by atoms with E-state index in [1.165, 1.54) is 0 Å². The SMILES string of the molecule is CCn1cc(Cl)cc1C(=O)NC1(CC(=O)O)CCC1. The van der Waals surface area contributed by atoms with Crippen LogP contribution in [-0.4, -0.2) is 27.1 Å². The molecule has 5 nitrogen and oxygen atoms in total. The summed E-state index contributed by atoms with van der Waals surface area (Å²) in [6, 6.07) is 1.60. The van der Waals surface area contributed by atoms with Gasteiger partial charge in [-0.1, -0.05) is 11.6 Å². The Morgan fingerprint density at radius 2 is 2.21 bits per heavy atom. The minimum atomic E-state index is -0.885. The van der Waals surface area contributed by atoms with Gasteiger partial charge >= 0.3 is 5.97 Å². The van der Waals surface area contributed by atoms with Gasteiger partial charge in [0.05, 0.1) is 17.0 Å². The predicted molar refractivity (Wildman–Crippen MR) is 71.4 cm³/mol. The van der Waals surface area contributed by atoms with Gasteiger partial charge in [-0.05, 0) is 32.3 Å². The molecule has 104 valence electrons. The van der Waals surface area contributed by atoms with Gasteiger partial charge in [-0.3, -0.25) is 9.59 Å².